The zero-order valence-corrected chi connectivity index (χ0v) is 21.1. The minimum atomic E-state index is -0.645. The Bertz CT molecular complexity index is 1400. The zero-order valence-electron chi connectivity index (χ0n) is 20.3. The number of nitrogens with one attached hydrogen (secondary N) is 1. The van der Waals surface area contributed by atoms with Gasteiger partial charge in [0.15, 0.2) is 0 Å². The summed E-state index contributed by atoms with van der Waals surface area (Å²) in [4.78, 5) is 32.1. The summed E-state index contributed by atoms with van der Waals surface area (Å²) in [5.74, 6) is 0.286. The molecule has 0 saturated carbocycles. The van der Waals surface area contributed by atoms with Gasteiger partial charge < -0.3 is 15.0 Å². The van der Waals surface area contributed by atoms with Gasteiger partial charge in [0, 0.05) is 17.3 Å². The van der Waals surface area contributed by atoms with Gasteiger partial charge in [0.05, 0.1) is 0 Å². The fourth-order valence-corrected chi connectivity index (χ4v) is 4.80. The number of ether oxygens (including phenoxy) is 1. The van der Waals surface area contributed by atoms with Crippen LogP contribution in [0.25, 0.3) is 0 Å². The van der Waals surface area contributed by atoms with E-state index in [1.807, 2.05) is 24.3 Å². The highest BCUT2D eigenvalue weighted by Crippen LogP contribution is 2.30. The van der Waals surface area contributed by atoms with E-state index in [-0.39, 0.29) is 30.1 Å². The molecule has 5 rings (SSSR count). The van der Waals surface area contributed by atoms with Crippen molar-refractivity contribution in [1.82, 2.24) is 19.7 Å². The molecule has 8 nitrogen and oxygen atoms in total. The fourth-order valence-electron chi connectivity index (χ4n) is 4.58. The van der Waals surface area contributed by atoms with E-state index >= 15 is 0 Å². The molecule has 1 aliphatic heterocycles. The summed E-state index contributed by atoms with van der Waals surface area (Å²) >= 11 is 6.37. The molecule has 3 aromatic carbocycles. The molecule has 0 bridgehead atoms. The molecule has 2 unspecified atom stereocenters. The summed E-state index contributed by atoms with van der Waals surface area (Å²) in [6.07, 6.45) is 4.00. The SMILES string of the molecule is O=C(Nc1ccc(Oc2ccc(F)cc2)cc1)C1CC(Cc2ccccc2Cl)CN1C(=O)Cn1cncn1. The number of halogens is 2. The Morgan fingerprint density at radius 3 is 2.42 bits per heavy atom. The van der Waals surface area contributed by atoms with Crippen LogP contribution in [-0.2, 0) is 22.6 Å². The number of anilines is 1. The van der Waals surface area contributed by atoms with Crippen LogP contribution in [0.3, 0.4) is 0 Å². The molecule has 1 fully saturated rings. The molecule has 10 heteroatoms. The second kappa shape index (κ2) is 11.4. The molecule has 0 aliphatic carbocycles. The summed E-state index contributed by atoms with van der Waals surface area (Å²) in [6, 6.07) is 19.5. The van der Waals surface area contributed by atoms with Crippen LogP contribution in [0.15, 0.2) is 85.5 Å². The first kappa shape index (κ1) is 25.4. The van der Waals surface area contributed by atoms with E-state index in [2.05, 4.69) is 15.4 Å². The Balaban J connectivity index is 1.27. The minimum Gasteiger partial charge on any atom is -0.457 e. The number of carbonyl (C=O) groups is 2. The van der Waals surface area contributed by atoms with Crippen LogP contribution in [0.5, 0.6) is 11.5 Å². The van der Waals surface area contributed by atoms with E-state index in [1.54, 1.807) is 29.2 Å². The quantitative estimate of drug-likeness (QED) is 0.346. The molecule has 2 atom stereocenters. The van der Waals surface area contributed by atoms with Crippen LogP contribution in [0.1, 0.15) is 12.0 Å². The molecule has 1 saturated heterocycles. The maximum absolute atomic E-state index is 13.4. The Morgan fingerprint density at radius 1 is 1.03 bits per heavy atom. The molecule has 2 amide bonds. The number of hydrogen-bond acceptors (Lipinski definition) is 5. The van der Waals surface area contributed by atoms with Crippen molar-refractivity contribution in [3.8, 4) is 11.5 Å². The molecule has 2 heterocycles. The first-order valence-electron chi connectivity index (χ1n) is 12.1. The highest BCUT2D eigenvalue weighted by molar-refractivity contribution is 6.31. The second-order valence-electron chi connectivity index (χ2n) is 9.12. The van der Waals surface area contributed by atoms with Gasteiger partial charge in [-0.1, -0.05) is 29.8 Å². The lowest BCUT2D eigenvalue weighted by Gasteiger charge is -2.24. The number of hydrogen-bond donors (Lipinski definition) is 1. The largest absolute Gasteiger partial charge is 0.457 e. The maximum Gasteiger partial charge on any atom is 0.247 e. The van der Waals surface area contributed by atoms with E-state index in [1.165, 1.54) is 41.6 Å². The van der Waals surface area contributed by atoms with Gasteiger partial charge >= 0.3 is 0 Å². The number of carbonyl (C=O) groups excluding carboxylic acids is 2. The summed E-state index contributed by atoms with van der Waals surface area (Å²) < 4.78 is 20.3. The van der Waals surface area contributed by atoms with Gasteiger partial charge in [0.25, 0.3) is 0 Å². The van der Waals surface area contributed by atoms with E-state index in [9.17, 15) is 14.0 Å². The predicted molar refractivity (Wildman–Crippen MR) is 140 cm³/mol. The Kier molecular flexibility index (Phi) is 7.65. The number of amides is 2. The van der Waals surface area contributed by atoms with Crippen LogP contribution in [0.2, 0.25) is 5.02 Å². The van der Waals surface area contributed by atoms with Crippen molar-refractivity contribution in [2.24, 2.45) is 5.92 Å². The average molecular weight is 534 g/mol. The van der Waals surface area contributed by atoms with E-state index in [0.29, 0.717) is 41.6 Å². The smallest absolute Gasteiger partial charge is 0.247 e. The summed E-state index contributed by atoms with van der Waals surface area (Å²) in [5.41, 5.74) is 1.56. The van der Waals surface area contributed by atoms with Crippen LogP contribution < -0.4 is 10.1 Å². The molecular formula is C28H25ClFN5O3. The fraction of sp³-hybridized carbons (Fsp3) is 0.214. The lowest BCUT2D eigenvalue weighted by molar-refractivity contribution is -0.137. The second-order valence-corrected chi connectivity index (χ2v) is 9.53. The molecule has 38 heavy (non-hydrogen) atoms. The summed E-state index contributed by atoms with van der Waals surface area (Å²) in [5, 5.41) is 7.61. The minimum absolute atomic E-state index is 0.00197. The van der Waals surface area contributed by atoms with Crippen molar-refractivity contribution >= 4 is 29.1 Å². The van der Waals surface area contributed by atoms with Crippen LogP contribution >= 0.6 is 11.6 Å². The topological polar surface area (TPSA) is 89.4 Å². The molecule has 194 valence electrons. The van der Waals surface area contributed by atoms with Crippen molar-refractivity contribution < 1.29 is 18.7 Å². The van der Waals surface area contributed by atoms with Crippen LogP contribution in [0, 0.1) is 11.7 Å². The third-order valence-electron chi connectivity index (χ3n) is 6.41. The molecule has 1 aromatic heterocycles. The number of rotatable bonds is 8. The van der Waals surface area contributed by atoms with Gasteiger partial charge in [-0.15, -0.1) is 0 Å². The van der Waals surface area contributed by atoms with Crippen molar-refractivity contribution in [3.63, 3.8) is 0 Å². The van der Waals surface area contributed by atoms with E-state index in [4.69, 9.17) is 16.3 Å². The first-order valence-corrected chi connectivity index (χ1v) is 12.5. The Morgan fingerprint density at radius 2 is 1.74 bits per heavy atom. The highest BCUT2D eigenvalue weighted by Gasteiger charge is 2.39. The third kappa shape index (κ3) is 6.18. The van der Waals surface area contributed by atoms with Gasteiger partial charge in [-0.2, -0.15) is 5.10 Å². The van der Waals surface area contributed by atoms with Crippen molar-refractivity contribution in [2.75, 3.05) is 11.9 Å². The molecule has 1 aliphatic rings. The lowest BCUT2D eigenvalue weighted by Crippen LogP contribution is -2.44. The summed E-state index contributed by atoms with van der Waals surface area (Å²) in [6.45, 7) is 0.430. The first-order chi connectivity index (χ1) is 18.4. The molecule has 1 N–H and O–H groups in total. The zero-order chi connectivity index (χ0) is 26.5. The highest BCUT2D eigenvalue weighted by atomic mass is 35.5. The lowest BCUT2D eigenvalue weighted by atomic mass is 9.96. The Hall–Kier alpha value is -4.24. The maximum atomic E-state index is 13.4. The van der Waals surface area contributed by atoms with E-state index < -0.39 is 6.04 Å². The molecular weight excluding hydrogens is 509 g/mol. The number of likely N-dealkylation sites (tertiary alicyclic amines) is 1. The Labute approximate surface area is 224 Å². The van der Waals surface area contributed by atoms with E-state index in [0.717, 1.165) is 5.56 Å². The van der Waals surface area contributed by atoms with Crippen molar-refractivity contribution in [2.45, 2.75) is 25.4 Å². The average Bonchev–Trinajstić information content (AvgIpc) is 3.58. The predicted octanol–water partition coefficient (Wildman–Crippen LogP) is 4.96. The molecule has 0 radical (unpaired) electrons. The van der Waals surface area contributed by atoms with Gasteiger partial charge in [-0.25, -0.2) is 14.1 Å². The number of benzene rings is 3. The monoisotopic (exact) mass is 533 g/mol. The van der Waals surface area contributed by atoms with Crippen LogP contribution in [0.4, 0.5) is 10.1 Å². The van der Waals surface area contributed by atoms with Gasteiger partial charge in [0.1, 0.15) is 42.6 Å². The number of nitrogens with zero attached hydrogens (tertiary/aromatic N) is 4. The van der Waals surface area contributed by atoms with Crippen molar-refractivity contribution in [1.29, 1.82) is 0 Å². The van der Waals surface area contributed by atoms with Gasteiger partial charge in [0.2, 0.25) is 11.8 Å². The normalized spacial score (nSPS) is 16.8. The molecule has 4 aromatic rings. The van der Waals surface area contributed by atoms with Crippen molar-refractivity contribution in [3.05, 3.63) is 102 Å². The standard InChI is InChI=1S/C28H25ClFN5O3/c29-25-4-2-1-3-20(25)13-19-14-26(35(15-19)27(36)16-34-18-31-17-32-34)28(37)33-22-7-11-24(12-8-22)38-23-9-5-21(30)6-10-23/h1-12,17-19,26H,13-16H2,(H,33,37). The summed E-state index contributed by atoms with van der Waals surface area (Å²) in [7, 11) is 0. The van der Waals surface area contributed by atoms with Gasteiger partial charge in [-0.3, -0.25) is 9.59 Å². The van der Waals surface area contributed by atoms with Crippen LogP contribution in [-0.4, -0.2) is 44.1 Å². The van der Waals surface area contributed by atoms with Gasteiger partial charge in [-0.05, 0) is 78.9 Å². The molecule has 0 spiro atoms. The third-order valence-corrected chi connectivity index (χ3v) is 6.78. The number of aromatic nitrogens is 3.